The number of benzene rings is 2. The fraction of sp³-hybridized carbons (Fsp3) is 0.222. The smallest absolute Gasteiger partial charge is 0.127 e. The molecule has 0 N–H and O–H groups in total. The highest BCUT2D eigenvalue weighted by molar-refractivity contribution is 5.62. The molecule has 0 saturated heterocycles. The Labute approximate surface area is 114 Å². The third kappa shape index (κ3) is 3.05. The summed E-state index contributed by atoms with van der Waals surface area (Å²) in [5, 5.41) is 0. The fourth-order valence-electron chi connectivity index (χ4n) is 2.10. The molecular formula is C18H18O. The summed E-state index contributed by atoms with van der Waals surface area (Å²) in [6.45, 7) is 2.75. The summed E-state index contributed by atoms with van der Waals surface area (Å²) in [6, 6.07) is 16.6. The van der Waals surface area contributed by atoms with Gasteiger partial charge in [0.15, 0.2) is 0 Å². The number of ether oxygens (including phenoxy) is 1. The van der Waals surface area contributed by atoms with Gasteiger partial charge < -0.3 is 4.74 Å². The second kappa shape index (κ2) is 5.31. The molecule has 1 heteroatoms. The number of hydrogen-bond acceptors (Lipinski definition) is 1. The average molecular weight is 250 g/mol. The molecule has 0 heterocycles. The quantitative estimate of drug-likeness (QED) is 0.760. The van der Waals surface area contributed by atoms with E-state index in [-0.39, 0.29) is 0 Å². The van der Waals surface area contributed by atoms with Crippen LogP contribution in [0, 0.1) is 6.92 Å². The van der Waals surface area contributed by atoms with E-state index >= 15 is 0 Å². The monoisotopic (exact) mass is 250 g/mol. The summed E-state index contributed by atoms with van der Waals surface area (Å²) in [5.41, 5.74) is 5.24. The summed E-state index contributed by atoms with van der Waals surface area (Å²) >= 11 is 0. The van der Waals surface area contributed by atoms with Crippen LogP contribution in [0.25, 0.3) is 6.08 Å². The normalized spacial score (nSPS) is 13.2. The van der Waals surface area contributed by atoms with Crippen molar-refractivity contribution < 1.29 is 4.74 Å². The maximum absolute atomic E-state index is 5.99. The van der Waals surface area contributed by atoms with E-state index in [1.165, 1.54) is 35.1 Å². The molecule has 0 aliphatic heterocycles. The Morgan fingerprint density at radius 2 is 1.74 bits per heavy atom. The lowest BCUT2D eigenvalue weighted by atomic mass is 10.1. The van der Waals surface area contributed by atoms with Gasteiger partial charge in [-0.25, -0.2) is 0 Å². The molecular weight excluding hydrogens is 232 g/mol. The van der Waals surface area contributed by atoms with Crippen molar-refractivity contribution in [3.63, 3.8) is 0 Å². The van der Waals surface area contributed by atoms with Crippen molar-refractivity contribution in [3.05, 3.63) is 70.8 Å². The average Bonchev–Trinajstić information content (AvgIpc) is 3.23. The highest BCUT2D eigenvalue weighted by Gasteiger charge is 2.12. The zero-order valence-corrected chi connectivity index (χ0v) is 11.2. The minimum absolute atomic E-state index is 0.632. The van der Waals surface area contributed by atoms with E-state index in [9.17, 15) is 0 Å². The Bertz CT molecular complexity index is 605. The van der Waals surface area contributed by atoms with Crippen molar-refractivity contribution in [2.24, 2.45) is 0 Å². The van der Waals surface area contributed by atoms with Crippen LogP contribution in [0.2, 0.25) is 0 Å². The van der Waals surface area contributed by atoms with E-state index in [1.807, 2.05) is 12.1 Å². The van der Waals surface area contributed by atoms with Crippen LogP contribution in [0.5, 0.6) is 5.75 Å². The van der Waals surface area contributed by atoms with E-state index in [2.05, 4.69) is 49.4 Å². The number of allylic oxidation sites excluding steroid dienone is 1. The maximum atomic E-state index is 5.99. The Hall–Kier alpha value is -2.02. The molecule has 96 valence electrons. The molecule has 1 nitrogen and oxygen atoms in total. The molecule has 2 aromatic rings. The number of para-hydroxylation sites is 1. The number of rotatable bonds is 4. The van der Waals surface area contributed by atoms with Crippen LogP contribution in [0.15, 0.2) is 54.1 Å². The predicted octanol–water partition coefficient (Wildman–Crippen LogP) is 4.75. The Balaban J connectivity index is 1.77. The van der Waals surface area contributed by atoms with Crippen LogP contribution in [-0.2, 0) is 6.61 Å². The van der Waals surface area contributed by atoms with Gasteiger partial charge in [-0.2, -0.15) is 0 Å². The summed E-state index contributed by atoms with van der Waals surface area (Å²) in [6.07, 6.45) is 4.74. The van der Waals surface area contributed by atoms with Gasteiger partial charge >= 0.3 is 0 Å². The lowest BCUT2D eigenvalue weighted by molar-refractivity contribution is 0.305. The summed E-state index contributed by atoms with van der Waals surface area (Å²) in [4.78, 5) is 0. The predicted molar refractivity (Wildman–Crippen MR) is 79.2 cm³/mol. The van der Waals surface area contributed by atoms with Crippen LogP contribution >= 0.6 is 0 Å². The largest absolute Gasteiger partial charge is 0.488 e. The Morgan fingerprint density at radius 3 is 2.53 bits per heavy atom. The van der Waals surface area contributed by atoms with E-state index in [0.717, 1.165) is 5.75 Å². The van der Waals surface area contributed by atoms with Crippen LogP contribution in [0.4, 0.5) is 0 Å². The third-order valence-electron chi connectivity index (χ3n) is 3.46. The second-order valence-corrected chi connectivity index (χ2v) is 5.06. The summed E-state index contributed by atoms with van der Waals surface area (Å²) in [7, 11) is 0. The lowest BCUT2D eigenvalue weighted by Crippen LogP contribution is -1.98. The van der Waals surface area contributed by atoms with Gasteiger partial charge in [0.05, 0.1) is 0 Å². The van der Waals surface area contributed by atoms with Crippen molar-refractivity contribution in [3.8, 4) is 5.75 Å². The van der Waals surface area contributed by atoms with Crippen molar-refractivity contribution in [2.45, 2.75) is 26.4 Å². The molecule has 19 heavy (non-hydrogen) atoms. The van der Waals surface area contributed by atoms with E-state index in [4.69, 9.17) is 4.74 Å². The molecule has 1 aliphatic rings. The van der Waals surface area contributed by atoms with Gasteiger partial charge in [-0.05, 0) is 37.0 Å². The minimum atomic E-state index is 0.632. The first-order valence-corrected chi connectivity index (χ1v) is 6.79. The van der Waals surface area contributed by atoms with Crippen molar-refractivity contribution >= 4 is 6.08 Å². The van der Waals surface area contributed by atoms with Crippen LogP contribution in [-0.4, -0.2) is 0 Å². The zero-order chi connectivity index (χ0) is 13.1. The van der Waals surface area contributed by atoms with E-state index in [0.29, 0.717) is 6.61 Å². The van der Waals surface area contributed by atoms with E-state index in [1.54, 1.807) is 0 Å². The van der Waals surface area contributed by atoms with Crippen molar-refractivity contribution in [1.82, 2.24) is 0 Å². The minimum Gasteiger partial charge on any atom is -0.488 e. The van der Waals surface area contributed by atoms with Gasteiger partial charge in [-0.3, -0.25) is 0 Å². The molecule has 1 saturated carbocycles. The highest BCUT2D eigenvalue weighted by Crippen LogP contribution is 2.32. The molecule has 0 aromatic heterocycles. The molecule has 1 fully saturated rings. The van der Waals surface area contributed by atoms with Crippen molar-refractivity contribution in [2.75, 3.05) is 0 Å². The first-order valence-electron chi connectivity index (χ1n) is 6.79. The van der Waals surface area contributed by atoms with Gasteiger partial charge in [-0.1, -0.05) is 54.1 Å². The molecule has 0 bridgehead atoms. The highest BCUT2D eigenvalue weighted by atomic mass is 16.5. The van der Waals surface area contributed by atoms with Gasteiger partial charge in [0.25, 0.3) is 0 Å². The molecule has 3 rings (SSSR count). The third-order valence-corrected chi connectivity index (χ3v) is 3.46. The molecule has 0 amide bonds. The van der Waals surface area contributed by atoms with Gasteiger partial charge in [0.2, 0.25) is 0 Å². The summed E-state index contributed by atoms with van der Waals surface area (Å²) < 4.78 is 5.99. The second-order valence-electron chi connectivity index (χ2n) is 5.06. The molecule has 0 spiro atoms. The maximum Gasteiger partial charge on any atom is 0.127 e. The summed E-state index contributed by atoms with van der Waals surface area (Å²) in [5.74, 6) is 0.977. The standard InChI is InChI=1S/C18H18O/c1-14-6-2-3-8-17(14)13-19-18-9-5-4-7-16(18)12-15-10-11-15/h2-9,12H,10-11,13H2,1H3. The Morgan fingerprint density at radius 1 is 1.00 bits per heavy atom. The van der Waals surface area contributed by atoms with Gasteiger partial charge in [0.1, 0.15) is 12.4 Å². The van der Waals surface area contributed by atoms with Crippen LogP contribution in [0.3, 0.4) is 0 Å². The molecule has 2 aromatic carbocycles. The first kappa shape index (κ1) is 12.0. The van der Waals surface area contributed by atoms with Gasteiger partial charge in [0, 0.05) is 5.56 Å². The fourth-order valence-corrected chi connectivity index (χ4v) is 2.10. The van der Waals surface area contributed by atoms with Crippen LogP contribution in [0.1, 0.15) is 29.5 Å². The molecule has 1 aliphatic carbocycles. The molecule has 0 atom stereocenters. The SMILES string of the molecule is Cc1ccccc1COc1ccccc1C=C1CC1. The zero-order valence-electron chi connectivity index (χ0n) is 11.2. The molecule has 0 unspecified atom stereocenters. The van der Waals surface area contributed by atoms with E-state index < -0.39 is 0 Å². The number of aryl methyl sites for hydroxylation is 1. The molecule has 0 radical (unpaired) electrons. The first-order chi connectivity index (χ1) is 9.33. The van der Waals surface area contributed by atoms with Gasteiger partial charge in [-0.15, -0.1) is 0 Å². The Kier molecular flexibility index (Phi) is 3.37. The topological polar surface area (TPSA) is 9.23 Å². The number of hydrogen-bond donors (Lipinski definition) is 0. The van der Waals surface area contributed by atoms with Crippen LogP contribution < -0.4 is 4.74 Å². The van der Waals surface area contributed by atoms with Crippen molar-refractivity contribution in [1.29, 1.82) is 0 Å². The lowest BCUT2D eigenvalue weighted by Gasteiger charge is -2.10.